The predicted octanol–water partition coefficient (Wildman–Crippen LogP) is 2.86. The number of nitrogens with zero attached hydrogens (tertiary/aromatic N) is 2. The van der Waals surface area contributed by atoms with E-state index >= 15 is 0 Å². The summed E-state index contributed by atoms with van der Waals surface area (Å²) < 4.78 is 0. The van der Waals surface area contributed by atoms with E-state index in [2.05, 4.69) is 46.3 Å². The first-order chi connectivity index (χ1) is 10.4. The SMILES string of the molecule is CCCNCc1ccccc1N1CCCN2CCCC2C1. The molecule has 116 valence electrons. The highest BCUT2D eigenvalue weighted by atomic mass is 15.3. The quantitative estimate of drug-likeness (QED) is 0.840. The van der Waals surface area contributed by atoms with Crippen LogP contribution in [-0.4, -0.2) is 43.7 Å². The van der Waals surface area contributed by atoms with Crippen LogP contribution in [0.4, 0.5) is 5.69 Å². The molecule has 1 unspecified atom stereocenters. The zero-order valence-corrected chi connectivity index (χ0v) is 13.4. The van der Waals surface area contributed by atoms with Crippen LogP contribution in [0, 0.1) is 0 Å². The Morgan fingerprint density at radius 1 is 1.14 bits per heavy atom. The van der Waals surface area contributed by atoms with Gasteiger partial charge >= 0.3 is 0 Å². The summed E-state index contributed by atoms with van der Waals surface area (Å²) in [6.07, 6.45) is 5.26. The van der Waals surface area contributed by atoms with E-state index in [0.29, 0.717) is 0 Å². The number of para-hydroxylation sites is 1. The Bertz CT molecular complexity index is 446. The molecular weight excluding hydrogens is 258 g/mol. The van der Waals surface area contributed by atoms with E-state index < -0.39 is 0 Å². The van der Waals surface area contributed by atoms with Crippen LogP contribution in [0.5, 0.6) is 0 Å². The second-order valence-electron chi connectivity index (χ2n) is 6.44. The van der Waals surface area contributed by atoms with Crippen LogP contribution < -0.4 is 10.2 Å². The van der Waals surface area contributed by atoms with Gasteiger partial charge in [0.05, 0.1) is 0 Å². The molecule has 0 bridgehead atoms. The summed E-state index contributed by atoms with van der Waals surface area (Å²) in [5, 5.41) is 3.56. The highest BCUT2D eigenvalue weighted by Gasteiger charge is 2.29. The van der Waals surface area contributed by atoms with E-state index in [0.717, 1.165) is 19.1 Å². The van der Waals surface area contributed by atoms with E-state index in [1.807, 2.05) is 0 Å². The number of benzene rings is 1. The summed E-state index contributed by atoms with van der Waals surface area (Å²) in [7, 11) is 0. The Labute approximate surface area is 129 Å². The lowest BCUT2D eigenvalue weighted by Gasteiger charge is -2.29. The first-order valence-electron chi connectivity index (χ1n) is 8.66. The molecule has 1 N–H and O–H groups in total. The van der Waals surface area contributed by atoms with Crippen molar-refractivity contribution in [1.29, 1.82) is 0 Å². The standard InChI is InChI=1S/C18H29N3/c1-2-10-19-14-16-7-3-4-9-18(16)21-13-6-12-20-11-5-8-17(20)15-21/h3-4,7,9,17,19H,2,5-6,8,10-15H2,1H3. The van der Waals surface area contributed by atoms with Gasteiger partial charge in [0.1, 0.15) is 0 Å². The van der Waals surface area contributed by atoms with E-state index in [-0.39, 0.29) is 0 Å². The molecule has 3 nitrogen and oxygen atoms in total. The van der Waals surface area contributed by atoms with E-state index in [9.17, 15) is 0 Å². The van der Waals surface area contributed by atoms with Gasteiger partial charge in [0.25, 0.3) is 0 Å². The van der Waals surface area contributed by atoms with Crippen LogP contribution in [0.3, 0.4) is 0 Å². The molecular formula is C18H29N3. The summed E-state index contributed by atoms with van der Waals surface area (Å²) in [4.78, 5) is 5.34. The minimum Gasteiger partial charge on any atom is -0.370 e. The molecule has 0 amide bonds. The van der Waals surface area contributed by atoms with Crippen molar-refractivity contribution >= 4 is 5.69 Å². The average molecular weight is 287 g/mol. The number of hydrogen-bond donors (Lipinski definition) is 1. The fourth-order valence-corrected chi connectivity index (χ4v) is 3.79. The van der Waals surface area contributed by atoms with Crippen molar-refractivity contribution in [2.24, 2.45) is 0 Å². The van der Waals surface area contributed by atoms with Gasteiger partial charge in [0, 0.05) is 37.9 Å². The van der Waals surface area contributed by atoms with Gasteiger partial charge in [-0.25, -0.2) is 0 Å². The molecule has 1 aromatic rings. The van der Waals surface area contributed by atoms with Crippen molar-refractivity contribution in [3.63, 3.8) is 0 Å². The molecule has 0 aliphatic carbocycles. The molecule has 2 saturated heterocycles. The van der Waals surface area contributed by atoms with E-state index in [4.69, 9.17) is 0 Å². The van der Waals surface area contributed by atoms with Gasteiger partial charge in [0.15, 0.2) is 0 Å². The maximum atomic E-state index is 3.56. The predicted molar refractivity (Wildman–Crippen MR) is 89.9 cm³/mol. The number of hydrogen-bond acceptors (Lipinski definition) is 3. The highest BCUT2D eigenvalue weighted by Crippen LogP contribution is 2.27. The lowest BCUT2D eigenvalue weighted by Crippen LogP contribution is -2.37. The molecule has 2 aliphatic rings. The van der Waals surface area contributed by atoms with Crippen molar-refractivity contribution in [2.75, 3.05) is 37.6 Å². The Morgan fingerprint density at radius 2 is 2.00 bits per heavy atom. The molecule has 21 heavy (non-hydrogen) atoms. The lowest BCUT2D eigenvalue weighted by atomic mass is 10.1. The minimum atomic E-state index is 0.782. The zero-order chi connectivity index (χ0) is 14.5. The van der Waals surface area contributed by atoms with Crippen molar-refractivity contribution in [3.05, 3.63) is 29.8 Å². The van der Waals surface area contributed by atoms with Crippen LogP contribution in [0.2, 0.25) is 0 Å². The Morgan fingerprint density at radius 3 is 2.90 bits per heavy atom. The summed E-state index contributed by atoms with van der Waals surface area (Å²) in [6.45, 7) is 9.35. The van der Waals surface area contributed by atoms with Crippen LogP contribution >= 0.6 is 0 Å². The third-order valence-electron chi connectivity index (χ3n) is 4.88. The van der Waals surface area contributed by atoms with E-state index in [1.165, 1.54) is 63.1 Å². The number of fused-ring (bicyclic) bond motifs is 1. The second-order valence-corrected chi connectivity index (χ2v) is 6.44. The second kappa shape index (κ2) is 7.28. The first kappa shape index (κ1) is 14.9. The Kier molecular flexibility index (Phi) is 5.15. The molecule has 0 radical (unpaired) electrons. The fourth-order valence-electron chi connectivity index (χ4n) is 3.79. The fraction of sp³-hybridized carbons (Fsp3) is 0.667. The van der Waals surface area contributed by atoms with Gasteiger partial charge in [-0.05, 0) is 50.4 Å². The number of nitrogens with one attached hydrogen (secondary N) is 1. The smallest absolute Gasteiger partial charge is 0.0412 e. The van der Waals surface area contributed by atoms with Gasteiger partial charge in [-0.1, -0.05) is 25.1 Å². The maximum absolute atomic E-state index is 3.56. The molecule has 2 fully saturated rings. The topological polar surface area (TPSA) is 18.5 Å². The van der Waals surface area contributed by atoms with Crippen LogP contribution in [0.1, 0.15) is 38.2 Å². The minimum absolute atomic E-state index is 0.782. The molecule has 0 spiro atoms. The monoisotopic (exact) mass is 287 g/mol. The third kappa shape index (κ3) is 3.58. The molecule has 0 saturated carbocycles. The molecule has 1 atom stereocenters. The number of rotatable bonds is 5. The molecule has 3 heteroatoms. The summed E-state index contributed by atoms with van der Waals surface area (Å²) in [6, 6.07) is 9.74. The normalized spacial score (nSPS) is 23.1. The van der Waals surface area contributed by atoms with Crippen LogP contribution in [0.25, 0.3) is 0 Å². The van der Waals surface area contributed by atoms with Gasteiger partial charge in [-0.2, -0.15) is 0 Å². The van der Waals surface area contributed by atoms with Crippen molar-refractivity contribution in [3.8, 4) is 0 Å². The third-order valence-corrected chi connectivity index (χ3v) is 4.88. The summed E-state index contributed by atoms with van der Waals surface area (Å²) in [5.41, 5.74) is 2.91. The zero-order valence-electron chi connectivity index (χ0n) is 13.4. The first-order valence-corrected chi connectivity index (χ1v) is 8.66. The largest absolute Gasteiger partial charge is 0.370 e. The van der Waals surface area contributed by atoms with Crippen molar-refractivity contribution in [2.45, 2.75) is 45.2 Å². The molecule has 2 aliphatic heterocycles. The van der Waals surface area contributed by atoms with Crippen molar-refractivity contribution in [1.82, 2.24) is 10.2 Å². The highest BCUT2D eigenvalue weighted by molar-refractivity contribution is 5.54. The van der Waals surface area contributed by atoms with Gasteiger partial charge in [-0.3, -0.25) is 4.90 Å². The van der Waals surface area contributed by atoms with Gasteiger partial charge in [-0.15, -0.1) is 0 Å². The maximum Gasteiger partial charge on any atom is 0.0412 e. The van der Waals surface area contributed by atoms with Gasteiger partial charge in [0.2, 0.25) is 0 Å². The Hall–Kier alpha value is -1.06. The van der Waals surface area contributed by atoms with Crippen LogP contribution in [-0.2, 0) is 6.54 Å². The molecule has 2 heterocycles. The Balaban J connectivity index is 1.72. The molecule has 0 aromatic heterocycles. The lowest BCUT2D eigenvalue weighted by molar-refractivity contribution is 0.273. The summed E-state index contributed by atoms with van der Waals surface area (Å²) in [5.74, 6) is 0. The molecule has 3 rings (SSSR count). The molecule has 1 aromatic carbocycles. The average Bonchev–Trinajstić information content (AvgIpc) is 2.85. The van der Waals surface area contributed by atoms with E-state index in [1.54, 1.807) is 0 Å². The summed E-state index contributed by atoms with van der Waals surface area (Å²) >= 11 is 0. The number of anilines is 1. The van der Waals surface area contributed by atoms with Crippen molar-refractivity contribution < 1.29 is 0 Å². The van der Waals surface area contributed by atoms with Gasteiger partial charge < -0.3 is 10.2 Å². The van der Waals surface area contributed by atoms with Crippen LogP contribution in [0.15, 0.2) is 24.3 Å².